The molecule has 1 N–H and O–H groups in total. The molecule has 2 aromatic rings. The first-order chi connectivity index (χ1) is 9.18. The number of nitrogens with zero attached hydrogens (tertiary/aromatic N) is 2. The highest BCUT2D eigenvalue weighted by molar-refractivity contribution is 5.39. The summed E-state index contributed by atoms with van der Waals surface area (Å²) in [6.45, 7) is 3.13. The fourth-order valence-corrected chi connectivity index (χ4v) is 1.85. The van der Waals surface area contributed by atoms with Gasteiger partial charge in [-0.25, -0.2) is 0 Å². The monoisotopic (exact) mass is 257 g/mol. The second-order valence-electron chi connectivity index (χ2n) is 4.29. The lowest BCUT2D eigenvalue weighted by Crippen LogP contribution is -2.14. The number of aryl methyl sites for hydroxylation is 1. The summed E-state index contributed by atoms with van der Waals surface area (Å²) in [6, 6.07) is 8.71. The summed E-state index contributed by atoms with van der Waals surface area (Å²) in [7, 11) is 0. The van der Waals surface area contributed by atoms with Crippen LogP contribution in [0.5, 0.6) is 0 Å². The van der Waals surface area contributed by atoms with Crippen LogP contribution in [0.3, 0.4) is 0 Å². The van der Waals surface area contributed by atoms with Crippen LogP contribution < -0.4 is 5.32 Å². The fourth-order valence-electron chi connectivity index (χ4n) is 1.85. The van der Waals surface area contributed by atoms with Crippen molar-refractivity contribution in [2.45, 2.75) is 20.0 Å². The lowest BCUT2D eigenvalue weighted by molar-refractivity contribution is -0.385. The maximum atomic E-state index is 10.9. The molecule has 1 aromatic heterocycles. The average Bonchev–Trinajstić information content (AvgIpc) is 2.41. The molecular weight excluding hydrogens is 242 g/mol. The Balaban J connectivity index is 2.00. The first kappa shape index (κ1) is 13.2. The zero-order valence-corrected chi connectivity index (χ0v) is 10.7. The highest BCUT2D eigenvalue weighted by atomic mass is 16.6. The third kappa shape index (κ3) is 3.35. The summed E-state index contributed by atoms with van der Waals surface area (Å²) < 4.78 is 0. The lowest BCUT2D eigenvalue weighted by atomic mass is 10.1. The lowest BCUT2D eigenvalue weighted by Gasteiger charge is -2.07. The van der Waals surface area contributed by atoms with Gasteiger partial charge in [0.05, 0.1) is 4.92 Å². The highest BCUT2D eigenvalue weighted by Gasteiger charge is 2.11. The Morgan fingerprint density at radius 1 is 1.21 bits per heavy atom. The number of nitrogens with one attached hydrogen (secondary N) is 1. The van der Waals surface area contributed by atoms with Crippen LogP contribution in [0.25, 0.3) is 0 Å². The molecule has 0 unspecified atom stereocenters. The number of pyridine rings is 1. The van der Waals surface area contributed by atoms with Crippen molar-refractivity contribution in [2.75, 3.05) is 0 Å². The molecular formula is C14H15N3O2. The molecule has 0 spiro atoms. The van der Waals surface area contributed by atoms with Crippen molar-refractivity contribution >= 4 is 5.69 Å². The van der Waals surface area contributed by atoms with E-state index in [1.165, 1.54) is 6.07 Å². The summed E-state index contributed by atoms with van der Waals surface area (Å²) in [6.07, 6.45) is 3.56. The van der Waals surface area contributed by atoms with Gasteiger partial charge in [-0.15, -0.1) is 0 Å². The van der Waals surface area contributed by atoms with E-state index >= 15 is 0 Å². The topological polar surface area (TPSA) is 68.1 Å². The predicted octanol–water partition coefficient (Wildman–Crippen LogP) is 2.59. The maximum Gasteiger partial charge on any atom is 0.273 e. The quantitative estimate of drug-likeness (QED) is 0.660. The van der Waals surface area contributed by atoms with Crippen LogP contribution >= 0.6 is 0 Å². The summed E-state index contributed by atoms with van der Waals surface area (Å²) in [5, 5.41) is 14.1. The molecule has 0 fully saturated rings. The molecule has 0 saturated heterocycles. The highest BCUT2D eigenvalue weighted by Crippen LogP contribution is 2.17. The van der Waals surface area contributed by atoms with Crippen molar-refractivity contribution in [1.82, 2.24) is 10.3 Å². The van der Waals surface area contributed by atoms with Gasteiger partial charge in [0.25, 0.3) is 5.69 Å². The Hall–Kier alpha value is -2.27. The van der Waals surface area contributed by atoms with E-state index in [0.29, 0.717) is 18.7 Å². The molecule has 2 rings (SSSR count). The molecule has 0 bridgehead atoms. The van der Waals surface area contributed by atoms with E-state index in [1.54, 1.807) is 24.4 Å². The van der Waals surface area contributed by atoms with Gasteiger partial charge in [-0.3, -0.25) is 15.1 Å². The molecule has 0 aliphatic carbocycles. The van der Waals surface area contributed by atoms with E-state index in [1.807, 2.05) is 19.2 Å². The number of nitro benzene ring substituents is 1. The van der Waals surface area contributed by atoms with Gasteiger partial charge in [0.1, 0.15) is 0 Å². The first-order valence-electron chi connectivity index (χ1n) is 6.01. The van der Waals surface area contributed by atoms with Gasteiger partial charge in [-0.05, 0) is 24.1 Å². The van der Waals surface area contributed by atoms with E-state index in [9.17, 15) is 10.1 Å². The molecule has 0 radical (unpaired) electrons. The number of hydrogen-bond acceptors (Lipinski definition) is 4. The maximum absolute atomic E-state index is 10.9. The van der Waals surface area contributed by atoms with E-state index < -0.39 is 0 Å². The Kier molecular flexibility index (Phi) is 4.20. The van der Waals surface area contributed by atoms with Crippen LogP contribution in [0, 0.1) is 17.0 Å². The minimum absolute atomic E-state index is 0.151. The molecule has 1 aromatic carbocycles. The number of nitro groups is 1. The summed E-state index contributed by atoms with van der Waals surface area (Å²) >= 11 is 0. The van der Waals surface area contributed by atoms with Gasteiger partial charge < -0.3 is 5.32 Å². The second-order valence-corrected chi connectivity index (χ2v) is 4.29. The Morgan fingerprint density at radius 2 is 1.95 bits per heavy atom. The number of hydrogen-bond donors (Lipinski definition) is 1. The Labute approximate surface area is 111 Å². The molecule has 0 saturated carbocycles. The molecule has 0 amide bonds. The van der Waals surface area contributed by atoms with E-state index in [0.717, 1.165) is 11.1 Å². The summed E-state index contributed by atoms with van der Waals surface area (Å²) in [5.74, 6) is 0. The molecule has 0 aliphatic heterocycles. The van der Waals surface area contributed by atoms with Gasteiger partial charge in [-0.2, -0.15) is 0 Å². The van der Waals surface area contributed by atoms with Crippen LogP contribution in [-0.2, 0) is 13.1 Å². The van der Waals surface area contributed by atoms with Crippen LogP contribution in [-0.4, -0.2) is 9.91 Å². The van der Waals surface area contributed by atoms with Crippen LogP contribution in [0.1, 0.15) is 16.7 Å². The third-order valence-corrected chi connectivity index (χ3v) is 2.97. The molecule has 98 valence electrons. The van der Waals surface area contributed by atoms with Gasteiger partial charge in [0.15, 0.2) is 0 Å². The van der Waals surface area contributed by atoms with Crippen molar-refractivity contribution in [2.24, 2.45) is 0 Å². The zero-order valence-electron chi connectivity index (χ0n) is 10.7. The second kappa shape index (κ2) is 6.06. The van der Waals surface area contributed by atoms with Crippen molar-refractivity contribution in [3.63, 3.8) is 0 Å². The van der Waals surface area contributed by atoms with Crippen molar-refractivity contribution in [3.05, 3.63) is 69.5 Å². The third-order valence-electron chi connectivity index (χ3n) is 2.97. The minimum atomic E-state index is -0.355. The fraction of sp³-hybridized carbons (Fsp3) is 0.214. The van der Waals surface area contributed by atoms with Crippen molar-refractivity contribution < 1.29 is 4.92 Å². The standard InChI is InChI=1S/C14H15N3O2/c1-11-6-7-15-9-13(11)10-16-8-12-4-2-3-5-14(12)17(18)19/h2-7,9,16H,8,10H2,1H3. The molecule has 0 aliphatic rings. The number of para-hydroxylation sites is 1. The number of rotatable bonds is 5. The van der Waals surface area contributed by atoms with E-state index in [-0.39, 0.29) is 10.6 Å². The van der Waals surface area contributed by atoms with Crippen molar-refractivity contribution in [3.8, 4) is 0 Å². The zero-order chi connectivity index (χ0) is 13.7. The molecule has 5 heteroatoms. The smallest absolute Gasteiger partial charge is 0.273 e. The Bertz CT molecular complexity index is 584. The molecule has 19 heavy (non-hydrogen) atoms. The van der Waals surface area contributed by atoms with Crippen molar-refractivity contribution in [1.29, 1.82) is 0 Å². The van der Waals surface area contributed by atoms with Crippen LogP contribution in [0.2, 0.25) is 0 Å². The number of benzene rings is 1. The van der Waals surface area contributed by atoms with Crippen LogP contribution in [0.15, 0.2) is 42.7 Å². The van der Waals surface area contributed by atoms with Gasteiger partial charge >= 0.3 is 0 Å². The summed E-state index contributed by atoms with van der Waals surface area (Å²) in [4.78, 5) is 14.6. The first-order valence-corrected chi connectivity index (χ1v) is 6.01. The molecule has 1 heterocycles. The van der Waals surface area contributed by atoms with E-state index in [4.69, 9.17) is 0 Å². The Morgan fingerprint density at radius 3 is 2.68 bits per heavy atom. The van der Waals surface area contributed by atoms with Gasteiger partial charge in [-0.1, -0.05) is 18.2 Å². The van der Waals surface area contributed by atoms with Gasteiger partial charge in [0, 0.05) is 37.1 Å². The molecule has 0 atom stereocenters. The molecule has 5 nitrogen and oxygen atoms in total. The average molecular weight is 257 g/mol. The predicted molar refractivity (Wildman–Crippen MR) is 72.6 cm³/mol. The SMILES string of the molecule is Cc1ccncc1CNCc1ccccc1[N+](=O)[O-]. The minimum Gasteiger partial charge on any atom is -0.308 e. The number of aromatic nitrogens is 1. The van der Waals surface area contributed by atoms with Gasteiger partial charge in [0.2, 0.25) is 0 Å². The normalized spacial score (nSPS) is 10.4. The largest absolute Gasteiger partial charge is 0.308 e. The van der Waals surface area contributed by atoms with E-state index in [2.05, 4.69) is 10.3 Å². The summed E-state index contributed by atoms with van der Waals surface area (Å²) in [5.41, 5.74) is 3.10. The van der Waals surface area contributed by atoms with Crippen LogP contribution in [0.4, 0.5) is 5.69 Å².